The number of hydrogen-bond donors (Lipinski definition) is 4. The fraction of sp³-hybridized carbons (Fsp3) is 0.556. The van der Waals surface area contributed by atoms with Gasteiger partial charge < -0.3 is 21.1 Å². The van der Waals surface area contributed by atoms with E-state index in [-0.39, 0.29) is 23.7 Å². The fourth-order valence-electron chi connectivity index (χ4n) is 2.11. The molecule has 0 saturated carbocycles. The van der Waals surface area contributed by atoms with E-state index in [4.69, 9.17) is 0 Å². The lowest BCUT2D eigenvalue weighted by atomic mass is 10.1. The number of nitrogens with zero attached hydrogens (tertiary/aromatic N) is 1. The molecule has 6 nitrogen and oxygen atoms in total. The predicted molar refractivity (Wildman–Crippen MR) is 98.3 cm³/mol. The van der Waals surface area contributed by atoms with Crippen LogP contribution in [0.4, 0.5) is 0 Å². The van der Waals surface area contributed by atoms with Crippen LogP contribution in [0.3, 0.4) is 0 Å². The van der Waals surface area contributed by atoms with Crippen LogP contribution < -0.4 is 16.0 Å². The van der Waals surface area contributed by atoms with Crippen molar-refractivity contribution in [1.29, 1.82) is 0 Å². The topological polar surface area (TPSA) is 85.8 Å². The fourth-order valence-corrected chi connectivity index (χ4v) is 2.11. The second-order valence-electron chi connectivity index (χ2n) is 6.69. The maximum absolute atomic E-state index is 11.8. The average Bonchev–Trinajstić information content (AvgIpc) is 2.49. The second-order valence-corrected chi connectivity index (χ2v) is 6.69. The summed E-state index contributed by atoms with van der Waals surface area (Å²) in [6.45, 7) is 9.43. The van der Waals surface area contributed by atoms with Gasteiger partial charge in [0.25, 0.3) is 0 Å². The Hall–Kier alpha value is -2.24. The second kappa shape index (κ2) is 9.80. The first kappa shape index (κ1) is 19.8. The molecule has 0 unspecified atom stereocenters. The summed E-state index contributed by atoms with van der Waals surface area (Å²) in [4.78, 5) is 16.1. The van der Waals surface area contributed by atoms with Gasteiger partial charge in [0.2, 0.25) is 5.91 Å². The third-order valence-corrected chi connectivity index (χ3v) is 3.11. The monoisotopic (exact) mass is 334 g/mol. The minimum Gasteiger partial charge on any atom is -0.508 e. The van der Waals surface area contributed by atoms with Crippen LogP contribution in [-0.2, 0) is 11.2 Å². The Labute approximate surface area is 144 Å². The SMILES string of the molecule is CCNC(=NCC(=O)NC(C)(C)C)NCCCc1ccc(O)cc1. The molecule has 0 aliphatic carbocycles. The van der Waals surface area contributed by atoms with Crippen LogP contribution in [0.2, 0.25) is 0 Å². The van der Waals surface area contributed by atoms with Crippen molar-refractivity contribution < 1.29 is 9.90 Å². The van der Waals surface area contributed by atoms with Gasteiger partial charge in [0, 0.05) is 18.6 Å². The molecule has 4 N–H and O–H groups in total. The molecule has 0 spiro atoms. The number of aryl methyl sites for hydroxylation is 1. The number of guanidine groups is 1. The van der Waals surface area contributed by atoms with Gasteiger partial charge in [-0.1, -0.05) is 12.1 Å². The molecule has 1 rings (SSSR count). The maximum Gasteiger partial charge on any atom is 0.242 e. The number of phenolic OH excluding ortho intramolecular Hbond substituents is 1. The van der Waals surface area contributed by atoms with E-state index in [9.17, 15) is 9.90 Å². The zero-order chi connectivity index (χ0) is 18.0. The number of aliphatic imine (C=N–C) groups is 1. The lowest BCUT2D eigenvalue weighted by Crippen LogP contribution is -2.43. The first-order valence-corrected chi connectivity index (χ1v) is 8.41. The van der Waals surface area contributed by atoms with E-state index in [1.54, 1.807) is 12.1 Å². The summed E-state index contributed by atoms with van der Waals surface area (Å²) < 4.78 is 0. The molecule has 6 heteroatoms. The van der Waals surface area contributed by atoms with Gasteiger partial charge in [-0.25, -0.2) is 4.99 Å². The summed E-state index contributed by atoms with van der Waals surface area (Å²) in [5, 5.41) is 18.5. The molecule has 1 aromatic rings. The lowest BCUT2D eigenvalue weighted by Gasteiger charge is -2.20. The average molecular weight is 334 g/mol. The van der Waals surface area contributed by atoms with E-state index in [0.29, 0.717) is 5.96 Å². The Morgan fingerprint density at radius 2 is 1.83 bits per heavy atom. The molecule has 0 atom stereocenters. The molecule has 0 radical (unpaired) electrons. The quantitative estimate of drug-likeness (QED) is 0.348. The normalized spacial score (nSPS) is 11.9. The molecule has 0 saturated heterocycles. The molecular formula is C18H30N4O2. The van der Waals surface area contributed by atoms with Crippen LogP contribution in [0.25, 0.3) is 0 Å². The zero-order valence-electron chi connectivity index (χ0n) is 15.1. The van der Waals surface area contributed by atoms with Crippen molar-refractivity contribution in [3.05, 3.63) is 29.8 Å². The highest BCUT2D eigenvalue weighted by molar-refractivity contribution is 5.85. The Balaban J connectivity index is 2.37. The Bertz CT molecular complexity index is 533. The molecule has 1 amide bonds. The number of carbonyl (C=O) groups is 1. The van der Waals surface area contributed by atoms with Crippen molar-refractivity contribution in [3.63, 3.8) is 0 Å². The number of amides is 1. The Morgan fingerprint density at radius 1 is 1.17 bits per heavy atom. The number of nitrogens with one attached hydrogen (secondary N) is 3. The van der Waals surface area contributed by atoms with Crippen LogP contribution in [-0.4, -0.2) is 42.1 Å². The van der Waals surface area contributed by atoms with Crippen molar-refractivity contribution in [2.24, 2.45) is 4.99 Å². The van der Waals surface area contributed by atoms with Crippen LogP contribution in [0, 0.1) is 0 Å². The standard InChI is InChI=1S/C18H30N4O2/c1-5-19-17(21-13-16(24)22-18(2,3)4)20-12-6-7-14-8-10-15(23)11-9-14/h8-11,23H,5-7,12-13H2,1-4H3,(H,22,24)(H2,19,20,21). The van der Waals surface area contributed by atoms with E-state index in [0.717, 1.165) is 25.9 Å². The highest BCUT2D eigenvalue weighted by atomic mass is 16.3. The number of rotatable bonds is 7. The van der Waals surface area contributed by atoms with Crippen molar-refractivity contribution in [2.45, 2.75) is 46.1 Å². The largest absolute Gasteiger partial charge is 0.508 e. The molecular weight excluding hydrogens is 304 g/mol. The summed E-state index contributed by atoms with van der Waals surface area (Å²) >= 11 is 0. The van der Waals surface area contributed by atoms with Crippen LogP contribution in [0.1, 0.15) is 39.7 Å². The van der Waals surface area contributed by atoms with Gasteiger partial charge in [0.1, 0.15) is 12.3 Å². The zero-order valence-corrected chi connectivity index (χ0v) is 15.1. The van der Waals surface area contributed by atoms with Gasteiger partial charge in [-0.05, 0) is 58.2 Å². The summed E-state index contributed by atoms with van der Waals surface area (Å²) in [5.41, 5.74) is 0.934. The minimum absolute atomic E-state index is 0.0937. The molecule has 1 aromatic carbocycles. The van der Waals surface area contributed by atoms with E-state index in [2.05, 4.69) is 20.9 Å². The molecule has 0 aliphatic heterocycles. The maximum atomic E-state index is 11.8. The smallest absolute Gasteiger partial charge is 0.242 e. The van der Waals surface area contributed by atoms with Crippen molar-refractivity contribution in [2.75, 3.05) is 19.6 Å². The highest BCUT2D eigenvalue weighted by Crippen LogP contribution is 2.10. The Morgan fingerprint density at radius 3 is 2.42 bits per heavy atom. The third-order valence-electron chi connectivity index (χ3n) is 3.11. The molecule has 134 valence electrons. The number of hydrogen-bond acceptors (Lipinski definition) is 3. The van der Waals surface area contributed by atoms with Gasteiger partial charge in [-0.3, -0.25) is 4.79 Å². The molecule has 0 aliphatic rings. The van der Waals surface area contributed by atoms with Crippen molar-refractivity contribution in [1.82, 2.24) is 16.0 Å². The van der Waals surface area contributed by atoms with E-state index in [1.807, 2.05) is 39.8 Å². The number of phenols is 1. The molecule has 0 bridgehead atoms. The first-order valence-electron chi connectivity index (χ1n) is 8.41. The molecule has 0 fully saturated rings. The third kappa shape index (κ3) is 9.02. The number of benzene rings is 1. The van der Waals surface area contributed by atoms with Crippen LogP contribution in [0.5, 0.6) is 5.75 Å². The van der Waals surface area contributed by atoms with E-state index >= 15 is 0 Å². The summed E-state index contributed by atoms with van der Waals surface area (Å²) in [7, 11) is 0. The molecule has 0 aromatic heterocycles. The van der Waals surface area contributed by atoms with E-state index < -0.39 is 0 Å². The summed E-state index contributed by atoms with van der Waals surface area (Å²) in [5.74, 6) is 0.836. The minimum atomic E-state index is -0.248. The van der Waals surface area contributed by atoms with Crippen molar-refractivity contribution >= 4 is 11.9 Å². The predicted octanol–water partition coefficient (Wildman–Crippen LogP) is 1.79. The van der Waals surface area contributed by atoms with Crippen LogP contribution >= 0.6 is 0 Å². The lowest BCUT2D eigenvalue weighted by molar-refractivity contribution is -0.121. The van der Waals surface area contributed by atoms with Crippen LogP contribution in [0.15, 0.2) is 29.3 Å². The molecule has 0 heterocycles. The number of carbonyl (C=O) groups excluding carboxylic acids is 1. The number of aromatic hydroxyl groups is 1. The first-order chi connectivity index (χ1) is 11.3. The van der Waals surface area contributed by atoms with Gasteiger partial charge in [-0.15, -0.1) is 0 Å². The summed E-state index contributed by atoms with van der Waals surface area (Å²) in [6, 6.07) is 7.24. The van der Waals surface area contributed by atoms with E-state index in [1.165, 1.54) is 5.56 Å². The van der Waals surface area contributed by atoms with Gasteiger partial charge in [0.15, 0.2) is 5.96 Å². The van der Waals surface area contributed by atoms with Gasteiger partial charge >= 0.3 is 0 Å². The van der Waals surface area contributed by atoms with Gasteiger partial charge in [0.05, 0.1) is 0 Å². The Kier molecular flexibility index (Phi) is 8.09. The van der Waals surface area contributed by atoms with Gasteiger partial charge in [-0.2, -0.15) is 0 Å². The molecule has 24 heavy (non-hydrogen) atoms. The highest BCUT2D eigenvalue weighted by Gasteiger charge is 2.13. The van der Waals surface area contributed by atoms with Crippen molar-refractivity contribution in [3.8, 4) is 5.75 Å². The summed E-state index contributed by atoms with van der Waals surface area (Å²) in [6.07, 6.45) is 1.85.